The summed E-state index contributed by atoms with van der Waals surface area (Å²) in [6.45, 7) is 0. The smallest absolute Gasteiger partial charge is 0.144 e. The summed E-state index contributed by atoms with van der Waals surface area (Å²) in [5.74, 6) is 0. The quantitative estimate of drug-likeness (QED) is 0.260. The maximum absolute atomic E-state index is 6.63. The van der Waals surface area contributed by atoms with E-state index in [1.165, 1.54) is 21.8 Å². The van der Waals surface area contributed by atoms with E-state index < -0.39 is 0 Å². The highest BCUT2D eigenvalue weighted by molar-refractivity contribution is 6.38. The Morgan fingerprint density at radius 2 is 1.33 bits per heavy atom. The number of rotatable bonds is 2. The van der Waals surface area contributed by atoms with Crippen molar-refractivity contribution in [1.29, 1.82) is 0 Å². The highest BCUT2D eigenvalue weighted by Crippen LogP contribution is 2.41. The lowest BCUT2D eigenvalue weighted by Gasteiger charge is -2.09. The maximum Gasteiger partial charge on any atom is 0.144 e. The zero-order chi connectivity index (χ0) is 21.9. The van der Waals surface area contributed by atoms with Crippen molar-refractivity contribution in [1.82, 2.24) is 4.57 Å². The van der Waals surface area contributed by atoms with Gasteiger partial charge in [-0.25, -0.2) is 0 Å². The van der Waals surface area contributed by atoms with Crippen LogP contribution in [0.3, 0.4) is 0 Å². The lowest BCUT2D eigenvalue weighted by atomic mass is 10.0. The second-order valence-corrected chi connectivity index (χ2v) is 8.72. The molecule has 0 radical (unpaired) electrons. The van der Waals surface area contributed by atoms with E-state index in [0.29, 0.717) is 5.02 Å². The van der Waals surface area contributed by atoms with Crippen molar-refractivity contribution in [3.05, 3.63) is 114 Å². The lowest BCUT2D eigenvalue weighted by molar-refractivity contribution is 0.670. The second-order valence-electron chi connectivity index (χ2n) is 8.32. The van der Waals surface area contributed by atoms with Gasteiger partial charge in [0.2, 0.25) is 0 Å². The Balaban J connectivity index is 1.57. The number of hydrogen-bond acceptors (Lipinski definition) is 1. The highest BCUT2D eigenvalue weighted by atomic mass is 35.5. The fraction of sp³-hybridized carbons (Fsp3) is 0. The fourth-order valence-electron chi connectivity index (χ4n) is 5.01. The van der Waals surface area contributed by atoms with Gasteiger partial charge in [-0.05, 0) is 48.0 Å². The van der Waals surface area contributed by atoms with Crippen LogP contribution in [-0.4, -0.2) is 4.57 Å². The van der Waals surface area contributed by atoms with Crippen LogP contribution in [0.15, 0.2) is 114 Å². The molecule has 2 heterocycles. The first-order chi connectivity index (χ1) is 16.3. The number of para-hydroxylation sites is 3. The average molecular weight is 444 g/mol. The van der Waals surface area contributed by atoms with Crippen LogP contribution in [0.25, 0.3) is 60.6 Å². The van der Waals surface area contributed by atoms with Gasteiger partial charge in [0.05, 0.1) is 16.1 Å². The fourth-order valence-corrected chi connectivity index (χ4v) is 5.26. The molecule has 0 saturated carbocycles. The van der Waals surface area contributed by atoms with E-state index in [2.05, 4.69) is 89.5 Å². The minimum atomic E-state index is 0.707. The molecule has 0 spiro atoms. The predicted molar refractivity (Wildman–Crippen MR) is 139 cm³/mol. The molecule has 7 rings (SSSR count). The second kappa shape index (κ2) is 6.99. The van der Waals surface area contributed by atoms with Gasteiger partial charge < -0.3 is 8.98 Å². The molecule has 0 aliphatic carbocycles. The highest BCUT2D eigenvalue weighted by Gasteiger charge is 2.17. The van der Waals surface area contributed by atoms with Gasteiger partial charge >= 0.3 is 0 Å². The predicted octanol–water partition coefficient (Wildman–Crippen LogP) is 9.00. The van der Waals surface area contributed by atoms with Gasteiger partial charge in [-0.1, -0.05) is 78.3 Å². The molecule has 3 heteroatoms. The Morgan fingerprint density at radius 3 is 2.21 bits per heavy atom. The molecule has 0 aliphatic rings. The van der Waals surface area contributed by atoms with Crippen molar-refractivity contribution in [3.63, 3.8) is 0 Å². The van der Waals surface area contributed by atoms with Gasteiger partial charge in [0.15, 0.2) is 0 Å². The molecular weight excluding hydrogens is 426 g/mol. The molecule has 0 amide bonds. The van der Waals surface area contributed by atoms with E-state index >= 15 is 0 Å². The van der Waals surface area contributed by atoms with E-state index in [0.717, 1.165) is 38.8 Å². The third-order valence-electron chi connectivity index (χ3n) is 6.47. The third kappa shape index (κ3) is 2.68. The van der Waals surface area contributed by atoms with Gasteiger partial charge in [0, 0.05) is 32.8 Å². The van der Waals surface area contributed by atoms with E-state index in [9.17, 15) is 0 Å². The molecule has 0 fully saturated rings. The van der Waals surface area contributed by atoms with E-state index in [1.807, 2.05) is 24.3 Å². The Labute approximate surface area is 195 Å². The number of fused-ring (bicyclic) bond motifs is 6. The van der Waals surface area contributed by atoms with Crippen molar-refractivity contribution >= 4 is 55.3 Å². The van der Waals surface area contributed by atoms with Crippen molar-refractivity contribution < 1.29 is 4.42 Å². The first kappa shape index (κ1) is 18.6. The summed E-state index contributed by atoms with van der Waals surface area (Å²) in [6.07, 6.45) is 0. The lowest BCUT2D eigenvalue weighted by Crippen LogP contribution is -1.93. The van der Waals surface area contributed by atoms with Crippen LogP contribution in [0, 0.1) is 0 Å². The molecule has 0 saturated heterocycles. The Hall–Kier alpha value is -4.01. The molecule has 0 unspecified atom stereocenters. The van der Waals surface area contributed by atoms with Gasteiger partial charge in [-0.3, -0.25) is 0 Å². The van der Waals surface area contributed by atoms with Crippen molar-refractivity contribution in [3.8, 4) is 16.8 Å². The molecular formula is C30H18ClNO. The van der Waals surface area contributed by atoms with E-state index in [1.54, 1.807) is 0 Å². The Morgan fingerprint density at radius 1 is 0.606 bits per heavy atom. The van der Waals surface area contributed by atoms with Gasteiger partial charge in [0.25, 0.3) is 0 Å². The molecule has 0 N–H and O–H groups in total. The molecule has 2 aromatic heterocycles. The Kier molecular flexibility index (Phi) is 3.93. The van der Waals surface area contributed by atoms with E-state index in [-0.39, 0.29) is 0 Å². The van der Waals surface area contributed by atoms with Gasteiger partial charge in [-0.2, -0.15) is 0 Å². The minimum absolute atomic E-state index is 0.707. The molecule has 156 valence electrons. The summed E-state index contributed by atoms with van der Waals surface area (Å²) in [4.78, 5) is 0. The van der Waals surface area contributed by atoms with Crippen LogP contribution < -0.4 is 0 Å². The first-order valence-electron chi connectivity index (χ1n) is 11.0. The van der Waals surface area contributed by atoms with Gasteiger partial charge in [-0.15, -0.1) is 0 Å². The molecule has 5 aromatic carbocycles. The summed E-state index contributed by atoms with van der Waals surface area (Å²) < 4.78 is 8.65. The average Bonchev–Trinajstić information content (AvgIpc) is 3.41. The molecule has 0 atom stereocenters. The van der Waals surface area contributed by atoms with Crippen molar-refractivity contribution in [2.45, 2.75) is 0 Å². The van der Waals surface area contributed by atoms with Crippen LogP contribution >= 0.6 is 11.6 Å². The topological polar surface area (TPSA) is 18.1 Å². The normalized spacial score (nSPS) is 11.8. The standard InChI is InChI=1S/C30H18ClNO/c31-25-17-16-21(30-29(25)24-11-5-7-13-28(24)33-30)19-14-15-23-22-10-4-6-12-26(22)32(27(23)18-19)20-8-2-1-3-9-20/h1-18H. The number of benzene rings is 5. The molecule has 2 nitrogen and oxygen atoms in total. The summed E-state index contributed by atoms with van der Waals surface area (Å²) in [7, 11) is 0. The summed E-state index contributed by atoms with van der Waals surface area (Å²) in [5, 5.41) is 5.19. The molecule has 33 heavy (non-hydrogen) atoms. The zero-order valence-corrected chi connectivity index (χ0v) is 18.4. The molecule has 0 bridgehead atoms. The first-order valence-corrected chi connectivity index (χ1v) is 11.4. The number of furan rings is 1. The summed E-state index contributed by atoms with van der Waals surface area (Å²) in [5.41, 5.74) is 7.32. The Bertz CT molecular complexity index is 1830. The van der Waals surface area contributed by atoms with Crippen LogP contribution in [0.1, 0.15) is 0 Å². The zero-order valence-electron chi connectivity index (χ0n) is 17.6. The number of hydrogen-bond donors (Lipinski definition) is 0. The van der Waals surface area contributed by atoms with Crippen LogP contribution in [0.5, 0.6) is 0 Å². The van der Waals surface area contributed by atoms with Crippen LogP contribution in [-0.2, 0) is 0 Å². The number of nitrogens with zero attached hydrogens (tertiary/aromatic N) is 1. The summed E-state index contributed by atoms with van der Waals surface area (Å²) >= 11 is 6.63. The van der Waals surface area contributed by atoms with Crippen molar-refractivity contribution in [2.75, 3.05) is 0 Å². The molecule has 0 aliphatic heterocycles. The third-order valence-corrected chi connectivity index (χ3v) is 6.79. The molecule has 7 aromatic rings. The minimum Gasteiger partial charge on any atom is -0.455 e. The maximum atomic E-state index is 6.63. The summed E-state index contributed by atoms with van der Waals surface area (Å²) in [6, 6.07) is 37.8. The van der Waals surface area contributed by atoms with Crippen LogP contribution in [0.2, 0.25) is 5.02 Å². The number of aromatic nitrogens is 1. The van der Waals surface area contributed by atoms with Crippen LogP contribution in [0.4, 0.5) is 0 Å². The van der Waals surface area contributed by atoms with Crippen molar-refractivity contribution in [2.24, 2.45) is 0 Å². The monoisotopic (exact) mass is 443 g/mol. The largest absolute Gasteiger partial charge is 0.455 e. The van der Waals surface area contributed by atoms with Gasteiger partial charge in [0.1, 0.15) is 11.2 Å². The van der Waals surface area contributed by atoms with E-state index in [4.69, 9.17) is 16.0 Å². The SMILES string of the molecule is Clc1ccc(-c2ccc3c4ccccc4n(-c4ccccc4)c3c2)c2oc3ccccc3c12. The number of halogens is 1.